The maximum Gasteiger partial charge on any atom is 0.192 e. The van der Waals surface area contributed by atoms with Gasteiger partial charge in [-0.1, -0.05) is 20.8 Å². The molecule has 0 spiro atoms. The summed E-state index contributed by atoms with van der Waals surface area (Å²) in [5, 5.41) is 21.4. The summed E-state index contributed by atoms with van der Waals surface area (Å²) in [5.74, 6) is -0.876. The Morgan fingerprint density at radius 1 is 1.19 bits per heavy atom. The molecule has 1 aliphatic carbocycles. The molecule has 1 saturated carbocycles. The summed E-state index contributed by atoms with van der Waals surface area (Å²) in [5.41, 5.74) is -1.55. The zero-order valence-electron chi connectivity index (χ0n) is 17.4. The van der Waals surface area contributed by atoms with Gasteiger partial charge in [0.25, 0.3) is 0 Å². The molecular weight excluding hydrogens is 356 g/mol. The lowest BCUT2D eigenvalue weighted by Gasteiger charge is -2.50. The largest absolute Gasteiger partial charge is 0.411 e. The van der Waals surface area contributed by atoms with Gasteiger partial charge in [-0.25, -0.2) is 0 Å². The van der Waals surface area contributed by atoms with Crippen molar-refractivity contribution in [2.24, 2.45) is 0 Å². The normalized spacial score (nSPS) is 37.6. The molecular formula is C18H36O7Si. The fraction of sp³-hybridized carbons (Fsp3) is 1.00. The number of hydrogen-bond donors (Lipinski definition) is 2. The van der Waals surface area contributed by atoms with Crippen LogP contribution in [0.4, 0.5) is 0 Å². The fourth-order valence-electron chi connectivity index (χ4n) is 3.37. The highest BCUT2D eigenvalue weighted by Gasteiger charge is 2.63. The molecule has 1 aliphatic heterocycles. The van der Waals surface area contributed by atoms with Crippen LogP contribution in [-0.4, -0.2) is 74.8 Å². The van der Waals surface area contributed by atoms with Crippen molar-refractivity contribution >= 4 is 8.32 Å². The van der Waals surface area contributed by atoms with E-state index in [9.17, 15) is 10.2 Å². The van der Waals surface area contributed by atoms with E-state index in [0.717, 1.165) is 0 Å². The van der Waals surface area contributed by atoms with Crippen LogP contribution in [0.3, 0.4) is 0 Å². The molecule has 0 aromatic carbocycles. The van der Waals surface area contributed by atoms with E-state index in [4.69, 9.17) is 23.4 Å². The second-order valence-corrected chi connectivity index (χ2v) is 14.1. The van der Waals surface area contributed by atoms with E-state index < -0.39 is 44.6 Å². The molecule has 154 valence electrons. The van der Waals surface area contributed by atoms with Gasteiger partial charge in [0.15, 0.2) is 14.1 Å². The van der Waals surface area contributed by atoms with E-state index in [-0.39, 0.29) is 17.9 Å². The summed E-state index contributed by atoms with van der Waals surface area (Å²) in [6, 6.07) is 0. The molecule has 0 aromatic rings. The smallest absolute Gasteiger partial charge is 0.192 e. The Balaban J connectivity index is 2.34. The third-order valence-corrected chi connectivity index (χ3v) is 10.4. The first-order valence-electron chi connectivity index (χ1n) is 9.24. The molecule has 0 aromatic heterocycles. The van der Waals surface area contributed by atoms with Crippen molar-refractivity contribution in [1.29, 1.82) is 0 Å². The van der Waals surface area contributed by atoms with Crippen LogP contribution >= 0.6 is 0 Å². The van der Waals surface area contributed by atoms with Gasteiger partial charge in [-0.15, -0.1) is 0 Å². The highest BCUT2D eigenvalue weighted by Crippen LogP contribution is 2.47. The Morgan fingerprint density at radius 2 is 1.81 bits per heavy atom. The first-order chi connectivity index (χ1) is 11.8. The third kappa shape index (κ3) is 4.17. The molecule has 0 amide bonds. The zero-order valence-corrected chi connectivity index (χ0v) is 18.4. The SMILES string of the molecule is COCO[C@H]1C[C@H](O[Si](C)(C)C(C)(C)C)[C@@](O)(CO)[C@H]2OC(C)(C)O[C@@H]12. The minimum Gasteiger partial charge on any atom is -0.411 e. The minimum absolute atomic E-state index is 0.0323. The van der Waals surface area contributed by atoms with Gasteiger partial charge in [0.1, 0.15) is 24.6 Å². The standard InChI is InChI=1S/C18H36O7Si/c1-16(2,3)26(7,8)25-13-9-12(22-11-21-6)14-15(18(13,20)10-19)24-17(4,5)23-14/h12-15,19-20H,9-11H2,1-8H3/t12-,13-,14-,15-,18-/m0/s1. The molecule has 0 unspecified atom stereocenters. The Hall–Kier alpha value is -0.0631. The van der Waals surface area contributed by atoms with E-state index in [0.29, 0.717) is 6.42 Å². The van der Waals surface area contributed by atoms with E-state index in [2.05, 4.69) is 33.9 Å². The molecule has 2 fully saturated rings. The van der Waals surface area contributed by atoms with E-state index in [1.807, 2.05) is 0 Å². The van der Waals surface area contributed by atoms with Crippen LogP contribution < -0.4 is 0 Å². The molecule has 1 heterocycles. The number of hydrogen-bond acceptors (Lipinski definition) is 7. The molecule has 8 heteroatoms. The third-order valence-electron chi connectivity index (χ3n) is 5.89. The Morgan fingerprint density at radius 3 is 2.31 bits per heavy atom. The topological polar surface area (TPSA) is 86.6 Å². The number of ether oxygens (including phenoxy) is 4. The van der Waals surface area contributed by atoms with Crippen molar-refractivity contribution in [3.8, 4) is 0 Å². The van der Waals surface area contributed by atoms with Crippen LogP contribution in [0, 0.1) is 0 Å². The van der Waals surface area contributed by atoms with Crippen LogP contribution in [0.25, 0.3) is 0 Å². The minimum atomic E-state index is -2.19. The zero-order chi connectivity index (χ0) is 20.0. The van der Waals surface area contributed by atoms with Gasteiger partial charge in [-0.3, -0.25) is 0 Å². The summed E-state index contributed by atoms with van der Waals surface area (Å²) >= 11 is 0. The van der Waals surface area contributed by atoms with Crippen LogP contribution in [0.2, 0.25) is 18.1 Å². The molecule has 0 bridgehead atoms. The average Bonchev–Trinajstić information content (AvgIpc) is 2.84. The molecule has 2 aliphatic rings. The summed E-state index contributed by atoms with van der Waals surface area (Å²) in [6.45, 7) is 13.9. The Kier molecular flexibility index (Phi) is 6.33. The lowest BCUT2D eigenvalue weighted by Crippen LogP contribution is -2.68. The number of aliphatic hydroxyl groups is 2. The van der Waals surface area contributed by atoms with Crippen LogP contribution in [-0.2, 0) is 23.4 Å². The van der Waals surface area contributed by atoms with E-state index in [1.54, 1.807) is 21.0 Å². The average molecular weight is 393 g/mol. The van der Waals surface area contributed by atoms with E-state index in [1.165, 1.54) is 0 Å². The van der Waals surface area contributed by atoms with Crippen molar-refractivity contribution < 1.29 is 33.6 Å². The van der Waals surface area contributed by atoms with E-state index >= 15 is 0 Å². The monoisotopic (exact) mass is 392 g/mol. The molecule has 0 radical (unpaired) electrons. The number of rotatable bonds is 6. The van der Waals surface area contributed by atoms with Gasteiger partial charge in [0.2, 0.25) is 0 Å². The predicted molar refractivity (Wildman–Crippen MR) is 99.3 cm³/mol. The van der Waals surface area contributed by atoms with Gasteiger partial charge in [0.05, 0.1) is 18.8 Å². The van der Waals surface area contributed by atoms with Crippen LogP contribution in [0.1, 0.15) is 41.0 Å². The summed E-state index contributed by atoms with van der Waals surface area (Å²) in [4.78, 5) is 0. The quantitative estimate of drug-likeness (QED) is 0.528. The van der Waals surface area contributed by atoms with Crippen molar-refractivity contribution in [2.45, 2.75) is 95.0 Å². The maximum atomic E-state index is 11.4. The molecule has 2 N–H and O–H groups in total. The fourth-order valence-corrected chi connectivity index (χ4v) is 4.74. The molecule has 5 atom stereocenters. The maximum absolute atomic E-state index is 11.4. The number of methoxy groups -OCH3 is 1. The molecule has 26 heavy (non-hydrogen) atoms. The van der Waals surface area contributed by atoms with Crippen LogP contribution in [0.5, 0.6) is 0 Å². The lowest BCUT2D eigenvalue weighted by molar-refractivity contribution is -0.227. The predicted octanol–water partition coefficient (Wildman–Crippen LogP) is 2.01. The second kappa shape index (κ2) is 7.40. The molecule has 2 rings (SSSR count). The highest BCUT2D eigenvalue weighted by molar-refractivity contribution is 6.74. The van der Waals surface area contributed by atoms with Gasteiger partial charge < -0.3 is 33.6 Å². The van der Waals surface area contributed by atoms with Crippen molar-refractivity contribution in [2.75, 3.05) is 20.5 Å². The van der Waals surface area contributed by atoms with Crippen LogP contribution in [0.15, 0.2) is 0 Å². The summed E-state index contributed by atoms with van der Waals surface area (Å²) < 4.78 is 29.4. The van der Waals surface area contributed by atoms with Gasteiger partial charge in [-0.2, -0.15) is 0 Å². The Labute approximate surface area is 158 Å². The van der Waals surface area contributed by atoms with Crippen molar-refractivity contribution in [3.05, 3.63) is 0 Å². The van der Waals surface area contributed by atoms with Crippen molar-refractivity contribution in [3.63, 3.8) is 0 Å². The lowest BCUT2D eigenvalue weighted by atomic mass is 9.77. The molecule has 7 nitrogen and oxygen atoms in total. The Bertz CT molecular complexity index is 490. The first-order valence-corrected chi connectivity index (χ1v) is 12.2. The summed E-state index contributed by atoms with van der Waals surface area (Å²) in [7, 11) is -0.633. The van der Waals surface area contributed by atoms with Gasteiger partial charge in [0, 0.05) is 13.5 Å². The first kappa shape index (κ1) is 22.2. The van der Waals surface area contributed by atoms with Gasteiger partial charge >= 0.3 is 0 Å². The molecule has 1 saturated heterocycles. The highest BCUT2D eigenvalue weighted by atomic mass is 28.4. The number of aliphatic hydroxyl groups excluding tert-OH is 1. The summed E-state index contributed by atoms with van der Waals surface area (Å²) in [6.07, 6.45) is -1.82. The van der Waals surface area contributed by atoms with Gasteiger partial charge in [-0.05, 0) is 32.0 Å². The number of fused-ring (bicyclic) bond motifs is 1. The van der Waals surface area contributed by atoms with Crippen molar-refractivity contribution in [1.82, 2.24) is 0 Å². The second-order valence-electron chi connectivity index (χ2n) is 9.38.